The number of aryl methyl sites for hydroxylation is 1. The summed E-state index contributed by atoms with van der Waals surface area (Å²) in [6.07, 6.45) is -5.11. The summed E-state index contributed by atoms with van der Waals surface area (Å²) in [6, 6.07) is 0.584. The zero-order valence-electron chi connectivity index (χ0n) is 9.13. The maximum Gasteiger partial charge on any atom is 0.575 e. The summed E-state index contributed by atoms with van der Waals surface area (Å²) in [7, 11) is -4.51. The van der Waals surface area contributed by atoms with E-state index in [2.05, 4.69) is 9.72 Å². The van der Waals surface area contributed by atoms with Crippen LogP contribution in [-0.4, -0.2) is 24.7 Å². The molecule has 0 radical (unpaired) electrons. The molecule has 106 valence electrons. The molecule has 0 saturated carbocycles. The Kier molecular flexibility index (Phi) is 3.67. The number of rotatable bonds is 3. The van der Waals surface area contributed by atoms with Gasteiger partial charge in [-0.15, -0.1) is 13.2 Å². The van der Waals surface area contributed by atoms with Crippen LogP contribution in [-0.2, 0) is 10.0 Å². The second-order valence-electron chi connectivity index (χ2n) is 3.28. The molecule has 19 heavy (non-hydrogen) atoms. The SMILES string of the molecule is Cc1cc(OC(F)(F)F)nc([N+](=O)[O-])c1S(N)(=O)=O. The first-order valence-electron chi connectivity index (χ1n) is 4.36. The van der Waals surface area contributed by atoms with Gasteiger partial charge in [-0.05, 0) is 17.4 Å². The van der Waals surface area contributed by atoms with Gasteiger partial charge in [-0.1, -0.05) is 0 Å². The summed E-state index contributed by atoms with van der Waals surface area (Å²) in [5, 5.41) is 15.4. The lowest BCUT2D eigenvalue weighted by Gasteiger charge is -2.08. The van der Waals surface area contributed by atoms with E-state index in [9.17, 15) is 31.7 Å². The summed E-state index contributed by atoms with van der Waals surface area (Å²) in [5.74, 6) is -2.48. The molecule has 12 heteroatoms. The van der Waals surface area contributed by atoms with Crippen LogP contribution in [0.2, 0.25) is 0 Å². The Hall–Kier alpha value is -1.95. The molecule has 2 N–H and O–H groups in total. The van der Waals surface area contributed by atoms with Crippen molar-refractivity contribution >= 4 is 15.8 Å². The average Bonchev–Trinajstić information content (AvgIpc) is 2.10. The van der Waals surface area contributed by atoms with Crippen molar-refractivity contribution < 1.29 is 31.2 Å². The van der Waals surface area contributed by atoms with Gasteiger partial charge in [0.2, 0.25) is 10.0 Å². The van der Waals surface area contributed by atoms with Crippen LogP contribution in [0.5, 0.6) is 5.88 Å². The van der Waals surface area contributed by atoms with Gasteiger partial charge in [0.05, 0.1) is 0 Å². The smallest absolute Gasteiger partial charge is 0.366 e. The molecular formula is C7H6F3N3O5S. The van der Waals surface area contributed by atoms with Gasteiger partial charge in [-0.3, -0.25) is 0 Å². The van der Waals surface area contributed by atoms with E-state index in [1.165, 1.54) is 0 Å². The van der Waals surface area contributed by atoms with E-state index in [0.29, 0.717) is 6.07 Å². The molecule has 0 fully saturated rings. The number of sulfonamides is 1. The van der Waals surface area contributed by atoms with Crippen molar-refractivity contribution in [3.05, 3.63) is 21.7 Å². The molecule has 0 amide bonds. The van der Waals surface area contributed by atoms with Crippen LogP contribution >= 0.6 is 0 Å². The van der Waals surface area contributed by atoms with Crippen LogP contribution in [0, 0.1) is 17.0 Å². The minimum Gasteiger partial charge on any atom is -0.366 e. The number of halogens is 3. The first kappa shape index (κ1) is 15.1. The summed E-state index contributed by atoms with van der Waals surface area (Å²) >= 11 is 0. The van der Waals surface area contributed by atoms with Crippen molar-refractivity contribution in [1.29, 1.82) is 0 Å². The van der Waals surface area contributed by atoms with Gasteiger partial charge in [0.1, 0.15) is 0 Å². The Morgan fingerprint density at radius 1 is 1.47 bits per heavy atom. The number of nitrogens with two attached hydrogens (primary N) is 1. The Morgan fingerprint density at radius 3 is 2.37 bits per heavy atom. The molecule has 8 nitrogen and oxygen atoms in total. The molecule has 0 aliphatic heterocycles. The average molecular weight is 301 g/mol. The third kappa shape index (κ3) is 3.75. The fourth-order valence-electron chi connectivity index (χ4n) is 1.26. The summed E-state index contributed by atoms with van der Waals surface area (Å²) in [6.45, 7) is 1.03. The molecule has 0 aliphatic rings. The lowest BCUT2D eigenvalue weighted by atomic mass is 10.3. The highest BCUT2D eigenvalue weighted by atomic mass is 32.2. The van der Waals surface area contributed by atoms with Crippen LogP contribution in [0.3, 0.4) is 0 Å². The van der Waals surface area contributed by atoms with E-state index in [1.807, 2.05) is 0 Å². The number of nitrogens with zero attached hydrogens (tertiary/aromatic N) is 2. The van der Waals surface area contributed by atoms with Gasteiger partial charge in [0.25, 0.3) is 0 Å². The number of alkyl halides is 3. The fraction of sp³-hybridized carbons (Fsp3) is 0.286. The Labute approximate surface area is 104 Å². The molecule has 1 heterocycles. The maximum absolute atomic E-state index is 12.0. The van der Waals surface area contributed by atoms with Crippen molar-refractivity contribution in [2.75, 3.05) is 0 Å². The van der Waals surface area contributed by atoms with Crippen LogP contribution in [0.4, 0.5) is 19.0 Å². The number of ether oxygens (including phenoxy) is 1. The third-order valence-corrected chi connectivity index (χ3v) is 2.87. The minimum atomic E-state index is -5.11. The number of nitro groups is 1. The van der Waals surface area contributed by atoms with Gasteiger partial charge >= 0.3 is 18.1 Å². The van der Waals surface area contributed by atoms with Crippen molar-refractivity contribution in [2.45, 2.75) is 18.2 Å². The number of primary sulfonamides is 1. The van der Waals surface area contributed by atoms with Crippen molar-refractivity contribution in [3.8, 4) is 5.88 Å². The molecule has 1 aromatic heterocycles. The molecule has 1 rings (SSSR count). The summed E-state index contributed by atoms with van der Waals surface area (Å²) in [5.41, 5.74) is -0.386. The Bertz CT molecular complexity index is 628. The quantitative estimate of drug-likeness (QED) is 0.651. The Morgan fingerprint density at radius 2 is 2.00 bits per heavy atom. The molecule has 0 saturated heterocycles. The normalized spacial score (nSPS) is 12.3. The molecule has 0 aliphatic carbocycles. The second kappa shape index (κ2) is 4.62. The van der Waals surface area contributed by atoms with Crippen molar-refractivity contribution in [2.24, 2.45) is 5.14 Å². The Balaban J connectivity index is 3.52. The summed E-state index contributed by atoms with van der Waals surface area (Å²) in [4.78, 5) is 11.3. The molecular weight excluding hydrogens is 295 g/mol. The molecule has 0 unspecified atom stereocenters. The van der Waals surface area contributed by atoms with Gasteiger partial charge in [0, 0.05) is 11.1 Å². The predicted molar refractivity (Wildman–Crippen MR) is 53.7 cm³/mol. The number of aromatic nitrogens is 1. The summed E-state index contributed by atoms with van der Waals surface area (Å²) < 4.78 is 61.6. The molecule has 0 bridgehead atoms. The highest BCUT2D eigenvalue weighted by Gasteiger charge is 2.36. The zero-order valence-corrected chi connectivity index (χ0v) is 9.95. The standard InChI is InChI=1S/C7H6F3N3O5S/c1-3-2-4(18-7(8,9)10)12-6(13(14)15)5(3)19(11,16)17/h2H,1H3,(H2,11,16,17). The first-order chi connectivity index (χ1) is 8.42. The number of pyridine rings is 1. The third-order valence-electron chi connectivity index (χ3n) is 1.80. The molecule has 0 atom stereocenters. The molecule has 1 aromatic rings. The van der Waals surface area contributed by atoms with E-state index in [4.69, 9.17) is 5.14 Å². The van der Waals surface area contributed by atoms with Crippen LogP contribution in [0.25, 0.3) is 0 Å². The lowest BCUT2D eigenvalue weighted by molar-refractivity contribution is -0.393. The minimum absolute atomic E-state index is 0.386. The number of hydrogen-bond acceptors (Lipinski definition) is 6. The molecule has 0 aromatic carbocycles. The molecule has 0 spiro atoms. The predicted octanol–water partition coefficient (Wildman–Crippen LogP) is 0.844. The van der Waals surface area contributed by atoms with Gasteiger partial charge in [0.15, 0.2) is 4.90 Å². The largest absolute Gasteiger partial charge is 0.575 e. The van der Waals surface area contributed by atoms with E-state index in [1.54, 1.807) is 0 Å². The highest BCUT2D eigenvalue weighted by molar-refractivity contribution is 7.89. The lowest BCUT2D eigenvalue weighted by Crippen LogP contribution is -2.20. The van der Waals surface area contributed by atoms with E-state index in [0.717, 1.165) is 6.92 Å². The van der Waals surface area contributed by atoms with E-state index >= 15 is 0 Å². The fourth-order valence-corrected chi connectivity index (χ4v) is 2.14. The van der Waals surface area contributed by atoms with Crippen LogP contribution in [0.1, 0.15) is 5.56 Å². The highest BCUT2D eigenvalue weighted by Crippen LogP contribution is 2.30. The first-order valence-corrected chi connectivity index (χ1v) is 5.91. The number of hydrogen-bond donors (Lipinski definition) is 1. The van der Waals surface area contributed by atoms with Crippen molar-refractivity contribution in [3.63, 3.8) is 0 Å². The van der Waals surface area contributed by atoms with Crippen LogP contribution < -0.4 is 9.88 Å². The van der Waals surface area contributed by atoms with E-state index < -0.39 is 37.9 Å². The van der Waals surface area contributed by atoms with Gasteiger partial charge in [-0.2, -0.15) is 0 Å². The van der Waals surface area contributed by atoms with Crippen molar-refractivity contribution in [1.82, 2.24) is 4.98 Å². The monoisotopic (exact) mass is 301 g/mol. The zero-order chi connectivity index (χ0) is 15.0. The topological polar surface area (TPSA) is 125 Å². The van der Waals surface area contributed by atoms with Crippen LogP contribution in [0.15, 0.2) is 11.0 Å². The van der Waals surface area contributed by atoms with Gasteiger partial charge < -0.3 is 14.9 Å². The maximum atomic E-state index is 12.0. The van der Waals surface area contributed by atoms with E-state index in [-0.39, 0.29) is 5.56 Å². The second-order valence-corrected chi connectivity index (χ2v) is 4.78. The van der Waals surface area contributed by atoms with Gasteiger partial charge in [-0.25, -0.2) is 13.6 Å².